The number of anilines is 1. The Morgan fingerprint density at radius 2 is 1.78 bits per heavy atom. The Labute approximate surface area is 112 Å². The number of nitrogens with zero attached hydrogens (tertiary/aromatic N) is 2. The number of nitrogens with two attached hydrogens (primary N) is 1. The number of rotatable bonds is 8. The van der Waals surface area contributed by atoms with Gasteiger partial charge >= 0.3 is 0 Å². The van der Waals surface area contributed by atoms with Crippen LogP contribution < -0.4 is 10.6 Å². The fourth-order valence-corrected chi connectivity index (χ4v) is 2.13. The third-order valence-corrected chi connectivity index (χ3v) is 3.06. The lowest BCUT2D eigenvalue weighted by atomic mass is 10.1. The highest BCUT2D eigenvalue weighted by Crippen LogP contribution is 2.20. The highest BCUT2D eigenvalue weighted by atomic mass is 15.2. The molecular weight excluding hydrogens is 222 g/mol. The summed E-state index contributed by atoms with van der Waals surface area (Å²) in [4.78, 5) is 4.71. The predicted molar refractivity (Wildman–Crippen MR) is 80.3 cm³/mol. The summed E-state index contributed by atoms with van der Waals surface area (Å²) in [6, 6.07) is 8.63. The van der Waals surface area contributed by atoms with Crippen LogP contribution in [0.2, 0.25) is 0 Å². The predicted octanol–water partition coefficient (Wildman–Crippen LogP) is 1.97. The van der Waals surface area contributed by atoms with Crippen molar-refractivity contribution in [2.24, 2.45) is 5.73 Å². The van der Waals surface area contributed by atoms with Crippen molar-refractivity contribution in [2.75, 3.05) is 45.2 Å². The van der Waals surface area contributed by atoms with Gasteiger partial charge in [0, 0.05) is 25.3 Å². The minimum atomic E-state index is 0.713. The summed E-state index contributed by atoms with van der Waals surface area (Å²) in [5.41, 5.74) is 8.42. The molecule has 0 radical (unpaired) electrons. The Morgan fingerprint density at radius 1 is 1.06 bits per heavy atom. The zero-order chi connectivity index (χ0) is 13.4. The second-order valence-electron chi connectivity index (χ2n) is 4.96. The van der Waals surface area contributed by atoms with E-state index in [-0.39, 0.29) is 0 Å². The van der Waals surface area contributed by atoms with Crippen molar-refractivity contribution in [1.29, 1.82) is 0 Å². The molecule has 0 heterocycles. The number of benzene rings is 1. The van der Waals surface area contributed by atoms with E-state index < -0.39 is 0 Å². The molecule has 0 bridgehead atoms. The maximum Gasteiger partial charge on any atom is 0.0399 e. The minimum absolute atomic E-state index is 0.713. The van der Waals surface area contributed by atoms with Crippen LogP contribution in [0.25, 0.3) is 0 Å². The Balaban J connectivity index is 2.82. The Morgan fingerprint density at radius 3 is 2.39 bits per heavy atom. The smallest absolute Gasteiger partial charge is 0.0399 e. The van der Waals surface area contributed by atoms with E-state index in [9.17, 15) is 0 Å². The van der Waals surface area contributed by atoms with E-state index in [0.717, 1.165) is 26.1 Å². The van der Waals surface area contributed by atoms with Crippen LogP contribution in [-0.2, 0) is 6.42 Å². The zero-order valence-electron chi connectivity index (χ0n) is 12.0. The molecule has 0 aromatic heterocycles. The van der Waals surface area contributed by atoms with Crippen molar-refractivity contribution in [3.8, 4) is 0 Å². The lowest BCUT2D eigenvalue weighted by molar-refractivity contribution is 0.413. The first-order valence-corrected chi connectivity index (χ1v) is 6.86. The first-order valence-electron chi connectivity index (χ1n) is 6.86. The maximum atomic E-state index is 5.70. The zero-order valence-corrected chi connectivity index (χ0v) is 12.0. The Hall–Kier alpha value is -1.06. The monoisotopic (exact) mass is 249 g/mol. The SMILES string of the molecule is CCCN(CCN(C)C)c1ccccc1CCN. The van der Waals surface area contributed by atoms with E-state index in [0.29, 0.717) is 6.54 Å². The fraction of sp³-hybridized carbons (Fsp3) is 0.600. The molecule has 3 nitrogen and oxygen atoms in total. The van der Waals surface area contributed by atoms with Gasteiger partial charge in [-0.1, -0.05) is 25.1 Å². The Kier molecular flexibility index (Phi) is 6.76. The third kappa shape index (κ3) is 4.67. The number of hydrogen-bond donors (Lipinski definition) is 1. The number of para-hydroxylation sites is 1. The first-order chi connectivity index (χ1) is 8.69. The van der Waals surface area contributed by atoms with Gasteiger partial charge in [0.05, 0.1) is 0 Å². The van der Waals surface area contributed by atoms with Crippen molar-refractivity contribution < 1.29 is 0 Å². The third-order valence-electron chi connectivity index (χ3n) is 3.06. The van der Waals surface area contributed by atoms with Gasteiger partial charge in [-0.05, 0) is 45.1 Å². The molecule has 0 aliphatic carbocycles. The van der Waals surface area contributed by atoms with Gasteiger partial charge in [0.15, 0.2) is 0 Å². The van der Waals surface area contributed by atoms with Crippen molar-refractivity contribution in [3.63, 3.8) is 0 Å². The van der Waals surface area contributed by atoms with Crippen LogP contribution in [-0.4, -0.2) is 45.2 Å². The number of likely N-dealkylation sites (N-methyl/N-ethyl adjacent to an activating group) is 1. The largest absolute Gasteiger partial charge is 0.370 e. The highest BCUT2D eigenvalue weighted by molar-refractivity contribution is 5.53. The van der Waals surface area contributed by atoms with Crippen LogP contribution >= 0.6 is 0 Å². The van der Waals surface area contributed by atoms with Crippen LogP contribution in [0.4, 0.5) is 5.69 Å². The summed E-state index contributed by atoms with van der Waals surface area (Å²) < 4.78 is 0. The quantitative estimate of drug-likeness (QED) is 0.764. The molecule has 102 valence electrons. The summed E-state index contributed by atoms with van der Waals surface area (Å²) in [7, 11) is 4.24. The average molecular weight is 249 g/mol. The molecule has 2 N–H and O–H groups in total. The van der Waals surface area contributed by atoms with Gasteiger partial charge in [0.2, 0.25) is 0 Å². The van der Waals surface area contributed by atoms with Gasteiger partial charge in [-0.25, -0.2) is 0 Å². The molecule has 0 aliphatic rings. The second kappa shape index (κ2) is 8.11. The molecule has 1 aromatic rings. The van der Waals surface area contributed by atoms with Crippen LogP contribution in [0.1, 0.15) is 18.9 Å². The van der Waals surface area contributed by atoms with Crippen molar-refractivity contribution in [3.05, 3.63) is 29.8 Å². The minimum Gasteiger partial charge on any atom is -0.370 e. The topological polar surface area (TPSA) is 32.5 Å². The van der Waals surface area contributed by atoms with Crippen LogP contribution in [0.15, 0.2) is 24.3 Å². The molecule has 0 aliphatic heterocycles. The van der Waals surface area contributed by atoms with Crippen LogP contribution in [0.3, 0.4) is 0 Å². The molecule has 0 saturated heterocycles. The molecule has 0 amide bonds. The summed E-state index contributed by atoms with van der Waals surface area (Å²) in [5.74, 6) is 0. The molecule has 3 heteroatoms. The van der Waals surface area contributed by atoms with Crippen molar-refractivity contribution >= 4 is 5.69 Å². The summed E-state index contributed by atoms with van der Waals surface area (Å²) in [5, 5.41) is 0. The molecule has 18 heavy (non-hydrogen) atoms. The first kappa shape index (κ1) is 15.0. The van der Waals surface area contributed by atoms with Gasteiger partial charge in [-0.3, -0.25) is 0 Å². The van der Waals surface area contributed by atoms with Gasteiger partial charge in [0.25, 0.3) is 0 Å². The van der Waals surface area contributed by atoms with E-state index in [4.69, 9.17) is 5.73 Å². The standard InChI is InChI=1S/C15H27N3/c1-4-11-18(13-12-17(2)3)15-8-6-5-7-14(15)9-10-16/h5-8H,4,9-13,16H2,1-3H3. The molecule has 0 fully saturated rings. The van der Waals surface area contributed by atoms with Crippen LogP contribution in [0.5, 0.6) is 0 Å². The lowest BCUT2D eigenvalue weighted by Crippen LogP contribution is -2.33. The van der Waals surface area contributed by atoms with E-state index in [2.05, 4.69) is 55.1 Å². The molecule has 1 aromatic carbocycles. The molecule has 1 rings (SSSR count). The molecule has 0 unspecified atom stereocenters. The molecule has 0 saturated carbocycles. The summed E-state index contributed by atoms with van der Waals surface area (Å²) in [6.45, 7) is 6.20. The fourth-order valence-electron chi connectivity index (χ4n) is 2.13. The average Bonchev–Trinajstić information content (AvgIpc) is 2.35. The lowest BCUT2D eigenvalue weighted by Gasteiger charge is -2.28. The maximum absolute atomic E-state index is 5.70. The molecule has 0 atom stereocenters. The normalized spacial score (nSPS) is 10.9. The van der Waals surface area contributed by atoms with E-state index in [1.54, 1.807) is 0 Å². The van der Waals surface area contributed by atoms with E-state index in [1.807, 2.05) is 0 Å². The van der Waals surface area contributed by atoms with Crippen molar-refractivity contribution in [2.45, 2.75) is 19.8 Å². The molecular formula is C15H27N3. The van der Waals surface area contributed by atoms with Crippen LogP contribution in [0, 0.1) is 0 Å². The van der Waals surface area contributed by atoms with Gasteiger partial charge in [-0.2, -0.15) is 0 Å². The summed E-state index contributed by atoms with van der Waals surface area (Å²) in [6.07, 6.45) is 2.13. The Bertz CT molecular complexity index is 336. The van der Waals surface area contributed by atoms with Gasteiger partial charge < -0.3 is 15.5 Å². The van der Waals surface area contributed by atoms with E-state index >= 15 is 0 Å². The summed E-state index contributed by atoms with van der Waals surface area (Å²) >= 11 is 0. The second-order valence-corrected chi connectivity index (χ2v) is 4.96. The van der Waals surface area contributed by atoms with Gasteiger partial charge in [-0.15, -0.1) is 0 Å². The van der Waals surface area contributed by atoms with E-state index in [1.165, 1.54) is 17.7 Å². The number of hydrogen-bond acceptors (Lipinski definition) is 3. The highest BCUT2D eigenvalue weighted by Gasteiger charge is 2.09. The molecule has 0 spiro atoms. The van der Waals surface area contributed by atoms with Gasteiger partial charge in [0.1, 0.15) is 0 Å². The van der Waals surface area contributed by atoms with Crippen molar-refractivity contribution in [1.82, 2.24) is 4.90 Å².